The molecular formula is C24H16BrNO. The second kappa shape index (κ2) is 6.60. The minimum absolute atomic E-state index is 0.896. The lowest BCUT2D eigenvalue weighted by molar-refractivity contribution is 0.669. The van der Waals surface area contributed by atoms with Gasteiger partial charge in [0.15, 0.2) is 0 Å². The summed E-state index contributed by atoms with van der Waals surface area (Å²) in [5.41, 5.74) is 5.14. The Morgan fingerprint density at radius 1 is 0.556 bits per heavy atom. The zero-order valence-corrected chi connectivity index (χ0v) is 16.1. The van der Waals surface area contributed by atoms with Crippen LogP contribution in [0.15, 0.2) is 106 Å². The first kappa shape index (κ1) is 16.2. The molecule has 1 heterocycles. The molecule has 0 fully saturated rings. The number of halogens is 1. The standard InChI is InChI=1S/C24H16BrNO/c25-17-11-13-23-21(15-17)22-16-20(12-14-24(22)27-23)26(18-7-3-1-4-8-18)19-9-5-2-6-10-19/h1-16H. The Labute approximate surface area is 165 Å². The largest absolute Gasteiger partial charge is 0.456 e. The maximum absolute atomic E-state index is 6.01. The van der Waals surface area contributed by atoms with Crippen molar-refractivity contribution in [3.8, 4) is 0 Å². The molecular weight excluding hydrogens is 398 g/mol. The Balaban J connectivity index is 1.75. The molecule has 0 aliphatic rings. The van der Waals surface area contributed by atoms with E-state index in [0.717, 1.165) is 43.5 Å². The molecule has 0 saturated heterocycles. The summed E-state index contributed by atoms with van der Waals surface area (Å²) in [7, 11) is 0. The van der Waals surface area contributed by atoms with Gasteiger partial charge in [-0.3, -0.25) is 0 Å². The molecule has 0 amide bonds. The first-order valence-electron chi connectivity index (χ1n) is 8.82. The average molecular weight is 414 g/mol. The summed E-state index contributed by atoms with van der Waals surface area (Å²) in [5, 5.41) is 2.22. The highest BCUT2D eigenvalue weighted by molar-refractivity contribution is 9.10. The molecule has 5 rings (SSSR count). The van der Waals surface area contributed by atoms with Crippen molar-refractivity contribution in [1.29, 1.82) is 0 Å². The first-order chi connectivity index (χ1) is 13.3. The maximum atomic E-state index is 6.01. The van der Waals surface area contributed by atoms with Gasteiger partial charge < -0.3 is 9.32 Å². The molecule has 0 unspecified atom stereocenters. The fourth-order valence-electron chi connectivity index (χ4n) is 3.48. The fraction of sp³-hybridized carbons (Fsp3) is 0. The second-order valence-corrected chi connectivity index (χ2v) is 7.35. The summed E-state index contributed by atoms with van der Waals surface area (Å²) in [6.45, 7) is 0. The van der Waals surface area contributed by atoms with E-state index < -0.39 is 0 Å². The first-order valence-corrected chi connectivity index (χ1v) is 9.61. The number of fused-ring (bicyclic) bond motifs is 3. The molecule has 4 aromatic carbocycles. The van der Waals surface area contributed by atoms with E-state index in [9.17, 15) is 0 Å². The average Bonchev–Trinajstić information content (AvgIpc) is 3.07. The van der Waals surface area contributed by atoms with E-state index in [1.165, 1.54) is 0 Å². The van der Waals surface area contributed by atoms with Gasteiger partial charge in [-0.15, -0.1) is 0 Å². The summed E-state index contributed by atoms with van der Waals surface area (Å²) in [6.07, 6.45) is 0. The third kappa shape index (κ3) is 2.90. The Bertz CT molecular complexity index is 1190. The number of nitrogens with zero attached hydrogens (tertiary/aromatic N) is 1. The maximum Gasteiger partial charge on any atom is 0.135 e. The minimum Gasteiger partial charge on any atom is -0.456 e. The lowest BCUT2D eigenvalue weighted by Gasteiger charge is -2.25. The van der Waals surface area contributed by atoms with Crippen molar-refractivity contribution in [3.63, 3.8) is 0 Å². The number of para-hydroxylation sites is 2. The zero-order chi connectivity index (χ0) is 18.2. The van der Waals surface area contributed by atoms with Crippen LogP contribution in [0.1, 0.15) is 0 Å². The van der Waals surface area contributed by atoms with Gasteiger partial charge in [-0.25, -0.2) is 0 Å². The van der Waals surface area contributed by atoms with Crippen molar-refractivity contribution in [2.45, 2.75) is 0 Å². The van der Waals surface area contributed by atoms with Crippen LogP contribution in [0.4, 0.5) is 17.1 Å². The van der Waals surface area contributed by atoms with Crippen LogP contribution in [0.2, 0.25) is 0 Å². The topological polar surface area (TPSA) is 16.4 Å². The number of benzene rings is 4. The highest BCUT2D eigenvalue weighted by atomic mass is 79.9. The molecule has 0 spiro atoms. The molecule has 27 heavy (non-hydrogen) atoms. The van der Waals surface area contributed by atoms with Crippen molar-refractivity contribution in [1.82, 2.24) is 0 Å². The Hall–Kier alpha value is -3.04. The van der Waals surface area contributed by atoms with Crippen LogP contribution >= 0.6 is 15.9 Å². The molecule has 0 aliphatic carbocycles. The molecule has 0 N–H and O–H groups in total. The normalized spacial score (nSPS) is 11.1. The van der Waals surface area contributed by atoms with E-state index in [1.807, 2.05) is 24.3 Å². The van der Waals surface area contributed by atoms with Crippen LogP contribution in [0, 0.1) is 0 Å². The summed E-state index contributed by atoms with van der Waals surface area (Å²) in [4.78, 5) is 2.26. The molecule has 130 valence electrons. The smallest absolute Gasteiger partial charge is 0.135 e. The quantitative estimate of drug-likeness (QED) is 0.299. The van der Waals surface area contributed by atoms with E-state index in [2.05, 4.69) is 93.6 Å². The van der Waals surface area contributed by atoms with Crippen molar-refractivity contribution in [2.24, 2.45) is 0 Å². The summed E-state index contributed by atoms with van der Waals surface area (Å²) in [6, 6.07) is 33.3. The zero-order valence-electron chi connectivity index (χ0n) is 14.5. The molecule has 0 radical (unpaired) electrons. The number of hydrogen-bond donors (Lipinski definition) is 0. The van der Waals surface area contributed by atoms with E-state index in [1.54, 1.807) is 0 Å². The van der Waals surface area contributed by atoms with Crippen LogP contribution in [0.3, 0.4) is 0 Å². The van der Waals surface area contributed by atoms with Crippen molar-refractivity contribution >= 4 is 54.9 Å². The molecule has 3 heteroatoms. The van der Waals surface area contributed by atoms with Crippen LogP contribution < -0.4 is 4.90 Å². The van der Waals surface area contributed by atoms with E-state index in [4.69, 9.17) is 4.42 Å². The fourth-order valence-corrected chi connectivity index (χ4v) is 3.84. The number of hydrogen-bond acceptors (Lipinski definition) is 2. The van der Waals surface area contributed by atoms with Gasteiger partial charge >= 0.3 is 0 Å². The van der Waals surface area contributed by atoms with Crippen molar-refractivity contribution in [2.75, 3.05) is 4.90 Å². The number of furan rings is 1. The van der Waals surface area contributed by atoms with Gasteiger partial charge in [0.25, 0.3) is 0 Å². The molecule has 5 aromatic rings. The lowest BCUT2D eigenvalue weighted by Crippen LogP contribution is -2.09. The monoisotopic (exact) mass is 413 g/mol. The van der Waals surface area contributed by atoms with E-state index in [-0.39, 0.29) is 0 Å². The molecule has 0 saturated carbocycles. The third-order valence-corrected chi connectivity index (χ3v) is 5.20. The van der Waals surface area contributed by atoms with Gasteiger partial charge in [0, 0.05) is 32.3 Å². The Kier molecular flexibility index (Phi) is 3.95. The Morgan fingerprint density at radius 2 is 1.11 bits per heavy atom. The van der Waals surface area contributed by atoms with Crippen LogP contribution in [-0.4, -0.2) is 0 Å². The molecule has 2 nitrogen and oxygen atoms in total. The summed E-state index contributed by atoms with van der Waals surface area (Å²) in [5.74, 6) is 0. The Morgan fingerprint density at radius 3 is 1.74 bits per heavy atom. The van der Waals surface area contributed by atoms with Crippen LogP contribution in [0.25, 0.3) is 21.9 Å². The number of rotatable bonds is 3. The van der Waals surface area contributed by atoms with Crippen LogP contribution in [-0.2, 0) is 0 Å². The molecule has 0 aliphatic heterocycles. The molecule has 0 bridgehead atoms. The second-order valence-electron chi connectivity index (χ2n) is 6.43. The van der Waals surface area contributed by atoms with E-state index in [0.29, 0.717) is 0 Å². The SMILES string of the molecule is Brc1ccc2oc3ccc(N(c4ccccc4)c4ccccc4)cc3c2c1. The van der Waals surface area contributed by atoms with E-state index >= 15 is 0 Å². The van der Waals surface area contributed by atoms with Gasteiger partial charge in [0.2, 0.25) is 0 Å². The molecule has 1 aromatic heterocycles. The summed E-state index contributed by atoms with van der Waals surface area (Å²) >= 11 is 3.57. The highest BCUT2D eigenvalue weighted by Crippen LogP contribution is 2.38. The van der Waals surface area contributed by atoms with Gasteiger partial charge in [-0.2, -0.15) is 0 Å². The molecule has 0 atom stereocenters. The van der Waals surface area contributed by atoms with Crippen molar-refractivity contribution < 1.29 is 4.42 Å². The van der Waals surface area contributed by atoms with Gasteiger partial charge in [-0.05, 0) is 60.7 Å². The number of anilines is 3. The summed E-state index contributed by atoms with van der Waals surface area (Å²) < 4.78 is 7.06. The van der Waals surface area contributed by atoms with Crippen LogP contribution in [0.5, 0.6) is 0 Å². The predicted molar refractivity (Wildman–Crippen MR) is 116 cm³/mol. The lowest BCUT2D eigenvalue weighted by atomic mass is 10.1. The van der Waals surface area contributed by atoms with Gasteiger partial charge in [0.1, 0.15) is 11.2 Å². The highest BCUT2D eigenvalue weighted by Gasteiger charge is 2.14. The minimum atomic E-state index is 0.896. The third-order valence-electron chi connectivity index (χ3n) is 4.70. The van der Waals surface area contributed by atoms with Gasteiger partial charge in [-0.1, -0.05) is 52.3 Å². The van der Waals surface area contributed by atoms with Crippen molar-refractivity contribution in [3.05, 3.63) is 102 Å². The van der Waals surface area contributed by atoms with Gasteiger partial charge in [0.05, 0.1) is 0 Å². The predicted octanol–water partition coefficient (Wildman–Crippen LogP) is 7.82.